The maximum atomic E-state index is 13.8. The van der Waals surface area contributed by atoms with E-state index in [0.29, 0.717) is 22.8 Å². The molecule has 0 spiro atoms. The average Bonchev–Trinajstić information content (AvgIpc) is 2.82. The van der Waals surface area contributed by atoms with Gasteiger partial charge in [0.1, 0.15) is 11.6 Å². The zero-order valence-electron chi connectivity index (χ0n) is 18.1. The Labute approximate surface area is 195 Å². The first-order valence-electron chi connectivity index (χ1n) is 9.66. The number of carbonyl (C=O) groups excluding carboxylic acids is 2. The molecule has 170 valence electrons. The normalized spacial score (nSPS) is 10.7. The van der Waals surface area contributed by atoms with Gasteiger partial charge in [0.05, 0.1) is 31.9 Å². The molecule has 0 atom stereocenters. The van der Waals surface area contributed by atoms with Crippen LogP contribution in [0.3, 0.4) is 0 Å². The van der Waals surface area contributed by atoms with Crippen LogP contribution in [0.1, 0.15) is 26.3 Å². The summed E-state index contributed by atoms with van der Waals surface area (Å²) in [6.07, 6.45) is 2.54. The van der Waals surface area contributed by atoms with Gasteiger partial charge in [0.2, 0.25) is 5.75 Å². The molecule has 0 aliphatic carbocycles. The van der Waals surface area contributed by atoms with Crippen LogP contribution in [0.2, 0.25) is 5.02 Å². The Kier molecular flexibility index (Phi) is 7.69. The molecule has 0 radical (unpaired) electrons. The van der Waals surface area contributed by atoms with E-state index in [-0.39, 0.29) is 27.7 Å². The van der Waals surface area contributed by atoms with Gasteiger partial charge in [-0.1, -0.05) is 17.7 Å². The summed E-state index contributed by atoms with van der Waals surface area (Å²) in [5.41, 5.74) is 0.643. The standard InChI is InChI=1S/C25H20ClFO6/c1-30-22-13-16(14-23(31-2)24(22)32-3)25(29)33-17-9-7-15(8-10-17)21(28)12-11-18-19(26)5-4-6-20(18)27/h4-14H,1-3H3. The summed E-state index contributed by atoms with van der Waals surface area (Å²) in [6, 6.07) is 13.2. The van der Waals surface area contributed by atoms with Gasteiger partial charge in [-0.15, -0.1) is 0 Å². The number of hydrogen-bond donors (Lipinski definition) is 0. The van der Waals surface area contributed by atoms with Gasteiger partial charge >= 0.3 is 5.97 Å². The third-order valence-corrected chi connectivity index (χ3v) is 4.98. The summed E-state index contributed by atoms with van der Waals surface area (Å²) < 4.78 is 34.9. The van der Waals surface area contributed by atoms with Crippen LogP contribution in [0, 0.1) is 5.82 Å². The number of benzene rings is 3. The minimum atomic E-state index is -0.651. The summed E-state index contributed by atoms with van der Waals surface area (Å²) >= 11 is 5.96. The van der Waals surface area contributed by atoms with Crippen LogP contribution in [0.4, 0.5) is 4.39 Å². The van der Waals surface area contributed by atoms with Crippen LogP contribution in [0.25, 0.3) is 6.08 Å². The van der Waals surface area contributed by atoms with E-state index in [1.165, 1.54) is 88.1 Å². The SMILES string of the molecule is COc1cc(C(=O)Oc2ccc(C(=O)C=Cc3c(F)cccc3Cl)cc2)cc(OC)c1OC. The molecule has 0 amide bonds. The number of hydrogen-bond acceptors (Lipinski definition) is 6. The second-order valence-corrected chi connectivity index (χ2v) is 7.07. The Balaban J connectivity index is 1.74. The average molecular weight is 471 g/mol. The van der Waals surface area contributed by atoms with Crippen molar-refractivity contribution in [3.8, 4) is 23.0 Å². The number of ketones is 1. The number of carbonyl (C=O) groups is 2. The molecule has 33 heavy (non-hydrogen) atoms. The molecule has 8 heteroatoms. The fourth-order valence-electron chi connectivity index (χ4n) is 2.98. The van der Waals surface area contributed by atoms with E-state index >= 15 is 0 Å². The maximum absolute atomic E-state index is 13.8. The van der Waals surface area contributed by atoms with Gasteiger partial charge in [0.15, 0.2) is 17.3 Å². The molecule has 0 bridgehead atoms. The van der Waals surface area contributed by atoms with Gasteiger partial charge in [0, 0.05) is 11.1 Å². The maximum Gasteiger partial charge on any atom is 0.343 e. The third-order valence-electron chi connectivity index (χ3n) is 4.65. The predicted molar refractivity (Wildman–Crippen MR) is 122 cm³/mol. The van der Waals surface area contributed by atoms with Gasteiger partial charge in [-0.25, -0.2) is 9.18 Å². The molecular formula is C25H20ClFO6. The minimum absolute atomic E-state index is 0.128. The number of rotatable bonds is 8. The van der Waals surface area contributed by atoms with Crippen LogP contribution in [0.15, 0.2) is 60.7 Å². The van der Waals surface area contributed by atoms with Gasteiger partial charge in [-0.3, -0.25) is 4.79 Å². The van der Waals surface area contributed by atoms with E-state index in [0.717, 1.165) is 0 Å². The Hall–Kier alpha value is -3.84. The van der Waals surface area contributed by atoms with E-state index in [4.69, 9.17) is 30.5 Å². The van der Waals surface area contributed by atoms with Gasteiger partial charge in [-0.05, 0) is 60.7 Å². The first-order valence-corrected chi connectivity index (χ1v) is 10.0. The monoisotopic (exact) mass is 470 g/mol. The second-order valence-electron chi connectivity index (χ2n) is 6.66. The molecule has 0 saturated heterocycles. The Morgan fingerprint density at radius 2 is 1.52 bits per heavy atom. The number of esters is 1. The lowest BCUT2D eigenvalue weighted by Gasteiger charge is -2.13. The van der Waals surface area contributed by atoms with Crippen molar-refractivity contribution in [2.75, 3.05) is 21.3 Å². The van der Waals surface area contributed by atoms with Crippen LogP contribution < -0.4 is 18.9 Å². The summed E-state index contributed by atoms with van der Waals surface area (Å²) in [7, 11) is 4.34. The summed E-state index contributed by atoms with van der Waals surface area (Å²) in [6.45, 7) is 0. The fourth-order valence-corrected chi connectivity index (χ4v) is 3.20. The predicted octanol–water partition coefficient (Wildman–Crippen LogP) is 5.62. The van der Waals surface area contributed by atoms with Crippen molar-refractivity contribution in [3.05, 3.63) is 88.2 Å². The Bertz CT molecular complexity index is 1160. The van der Waals surface area contributed by atoms with Crippen molar-refractivity contribution in [1.82, 2.24) is 0 Å². The summed E-state index contributed by atoms with van der Waals surface area (Å²) in [4.78, 5) is 25.0. The lowest BCUT2D eigenvalue weighted by molar-refractivity contribution is 0.0733. The fraction of sp³-hybridized carbons (Fsp3) is 0.120. The van der Waals surface area contributed by atoms with Gasteiger partial charge in [-0.2, -0.15) is 0 Å². The highest BCUT2D eigenvalue weighted by molar-refractivity contribution is 6.32. The smallest absolute Gasteiger partial charge is 0.343 e. The number of ether oxygens (including phenoxy) is 4. The lowest BCUT2D eigenvalue weighted by atomic mass is 10.1. The summed E-state index contributed by atoms with van der Waals surface area (Å²) in [5, 5.41) is 0.202. The van der Waals surface area contributed by atoms with Gasteiger partial charge in [0.25, 0.3) is 0 Å². The first kappa shape index (κ1) is 23.8. The number of allylic oxidation sites excluding steroid dienone is 1. The van der Waals surface area contributed by atoms with Crippen molar-refractivity contribution in [3.63, 3.8) is 0 Å². The quantitative estimate of drug-likeness (QED) is 0.184. The van der Waals surface area contributed by atoms with Gasteiger partial charge < -0.3 is 18.9 Å². The molecular weight excluding hydrogens is 451 g/mol. The van der Waals surface area contributed by atoms with Crippen LogP contribution in [-0.4, -0.2) is 33.1 Å². The van der Waals surface area contributed by atoms with Crippen molar-refractivity contribution in [2.45, 2.75) is 0 Å². The van der Waals surface area contributed by atoms with Crippen molar-refractivity contribution >= 4 is 29.4 Å². The molecule has 0 unspecified atom stereocenters. The van der Waals surface area contributed by atoms with Crippen LogP contribution in [0.5, 0.6) is 23.0 Å². The largest absolute Gasteiger partial charge is 0.493 e. The van der Waals surface area contributed by atoms with Crippen molar-refractivity contribution in [1.29, 1.82) is 0 Å². The topological polar surface area (TPSA) is 71.1 Å². The Morgan fingerprint density at radius 3 is 2.06 bits per heavy atom. The highest BCUT2D eigenvalue weighted by Crippen LogP contribution is 2.38. The van der Waals surface area contributed by atoms with E-state index in [2.05, 4.69) is 0 Å². The third kappa shape index (κ3) is 5.51. The number of halogens is 2. The van der Waals surface area contributed by atoms with E-state index in [9.17, 15) is 14.0 Å². The number of methoxy groups -OCH3 is 3. The lowest BCUT2D eigenvalue weighted by Crippen LogP contribution is -2.10. The second kappa shape index (κ2) is 10.7. The summed E-state index contributed by atoms with van der Waals surface area (Å²) in [5.74, 6) is -0.339. The van der Waals surface area contributed by atoms with E-state index < -0.39 is 11.8 Å². The molecule has 0 saturated carbocycles. The zero-order chi connectivity index (χ0) is 24.0. The zero-order valence-corrected chi connectivity index (χ0v) is 18.8. The molecule has 0 heterocycles. The van der Waals surface area contributed by atoms with E-state index in [1.54, 1.807) is 0 Å². The molecule has 0 aliphatic heterocycles. The first-order chi connectivity index (χ1) is 15.9. The molecule has 0 N–H and O–H groups in total. The van der Waals surface area contributed by atoms with Crippen LogP contribution >= 0.6 is 11.6 Å². The van der Waals surface area contributed by atoms with Crippen LogP contribution in [-0.2, 0) is 0 Å². The molecule has 3 aromatic rings. The minimum Gasteiger partial charge on any atom is -0.493 e. The molecule has 0 aromatic heterocycles. The van der Waals surface area contributed by atoms with Crippen molar-refractivity contribution in [2.24, 2.45) is 0 Å². The molecule has 3 aromatic carbocycles. The molecule has 0 fully saturated rings. The Morgan fingerprint density at radius 1 is 0.879 bits per heavy atom. The highest BCUT2D eigenvalue weighted by Gasteiger charge is 2.18. The van der Waals surface area contributed by atoms with Crippen molar-refractivity contribution < 1.29 is 32.9 Å². The molecule has 6 nitrogen and oxygen atoms in total. The van der Waals surface area contributed by atoms with E-state index in [1.807, 2.05) is 0 Å². The molecule has 3 rings (SSSR count). The molecule has 0 aliphatic rings. The highest BCUT2D eigenvalue weighted by atomic mass is 35.5.